The first-order valence-electron chi connectivity index (χ1n) is 12.9. The number of alkyl halides is 3. The van der Waals surface area contributed by atoms with Crippen molar-refractivity contribution in [3.63, 3.8) is 0 Å². The number of benzene rings is 2. The van der Waals surface area contributed by atoms with Gasteiger partial charge in [0.2, 0.25) is 0 Å². The minimum Gasteiger partial charge on any atom is -0.319 e. The van der Waals surface area contributed by atoms with Gasteiger partial charge < -0.3 is 5.32 Å². The number of hydrogen-bond donors (Lipinski definition) is 2. The van der Waals surface area contributed by atoms with Crippen molar-refractivity contribution in [2.75, 3.05) is 11.9 Å². The van der Waals surface area contributed by atoms with Gasteiger partial charge in [0.05, 0.1) is 33.3 Å². The highest BCUT2D eigenvalue weighted by Crippen LogP contribution is 2.38. The molecule has 47 heavy (non-hydrogen) atoms. The summed E-state index contributed by atoms with van der Waals surface area (Å²) in [5, 5.41) is 5.90. The van der Waals surface area contributed by atoms with Crippen LogP contribution in [0.4, 0.5) is 40.8 Å². The Labute approximate surface area is 267 Å². The van der Waals surface area contributed by atoms with Crippen molar-refractivity contribution >= 4 is 51.5 Å². The number of allylic oxidation sites excluding steroid dienone is 4. The maximum Gasteiger partial charge on any atom is 0.435 e. The molecule has 18 heteroatoms. The van der Waals surface area contributed by atoms with Gasteiger partial charge in [-0.1, -0.05) is 47.5 Å². The average molecular weight is 704 g/mol. The van der Waals surface area contributed by atoms with Gasteiger partial charge >= 0.3 is 6.18 Å². The van der Waals surface area contributed by atoms with Crippen LogP contribution < -0.4 is 10.8 Å². The Morgan fingerprint density at radius 1 is 0.915 bits per heavy atom. The van der Waals surface area contributed by atoms with Crippen LogP contribution in [0.5, 0.6) is 0 Å². The summed E-state index contributed by atoms with van der Waals surface area (Å²) in [5.74, 6) is -13.0. The molecule has 0 radical (unpaired) electrons. The smallest absolute Gasteiger partial charge is 0.319 e. The first kappa shape index (κ1) is 33.6. The number of nitrogens with one attached hydrogen (secondary N) is 2. The highest BCUT2D eigenvalue weighted by atomic mass is 35.5. The Hall–Kier alpha value is -4.80. The van der Waals surface area contributed by atoms with Crippen molar-refractivity contribution < 1.29 is 49.5 Å². The average Bonchev–Trinajstić information content (AvgIpc) is 3.47. The lowest BCUT2D eigenvalue weighted by molar-refractivity contribution is -0.141. The molecule has 5 rings (SSSR count). The van der Waals surface area contributed by atoms with Gasteiger partial charge in [-0.15, -0.1) is 0 Å². The lowest BCUT2D eigenvalue weighted by Gasteiger charge is -2.16. The van der Waals surface area contributed by atoms with E-state index < -0.39 is 88.4 Å². The minimum atomic E-state index is -5.00. The maximum absolute atomic E-state index is 14.3. The van der Waals surface area contributed by atoms with Crippen LogP contribution in [-0.2, 0) is 11.0 Å². The number of amides is 2. The monoisotopic (exact) mass is 703 g/mol. The lowest BCUT2D eigenvalue weighted by Crippen LogP contribution is -2.27. The maximum atomic E-state index is 14.3. The van der Waals surface area contributed by atoms with Crippen LogP contribution in [0.2, 0.25) is 10.0 Å². The van der Waals surface area contributed by atoms with E-state index in [2.05, 4.69) is 15.4 Å². The second-order valence-corrected chi connectivity index (χ2v) is 10.3. The van der Waals surface area contributed by atoms with Gasteiger partial charge in [-0.05, 0) is 23.6 Å². The highest BCUT2D eigenvalue weighted by Gasteiger charge is 2.37. The largest absolute Gasteiger partial charge is 0.435 e. The summed E-state index contributed by atoms with van der Waals surface area (Å²) in [5.41, 5.74) is -2.55. The summed E-state index contributed by atoms with van der Waals surface area (Å²) in [4.78, 5) is 35.4. The second kappa shape index (κ2) is 13.1. The van der Waals surface area contributed by atoms with Gasteiger partial charge in [0.25, 0.3) is 11.8 Å². The molecule has 0 unspecified atom stereocenters. The number of hydrogen-bond acceptors (Lipinski definition) is 5. The zero-order valence-corrected chi connectivity index (χ0v) is 24.5. The van der Waals surface area contributed by atoms with Crippen LogP contribution in [0.25, 0.3) is 16.6 Å². The first-order valence-corrected chi connectivity index (χ1v) is 13.6. The number of aromatic nitrogens is 3. The molecule has 4 aromatic rings. The van der Waals surface area contributed by atoms with Crippen LogP contribution in [0.1, 0.15) is 33.0 Å². The third kappa shape index (κ3) is 6.70. The number of nitrogens with zero attached hydrogens (tertiary/aromatic N) is 3. The molecule has 2 heterocycles. The number of rotatable bonds is 7. The minimum absolute atomic E-state index is 0.160. The number of carbonyl (C=O) groups is 2. The lowest BCUT2D eigenvalue weighted by atomic mass is 10.0. The van der Waals surface area contributed by atoms with Crippen LogP contribution in [0, 0.1) is 0 Å². The van der Waals surface area contributed by atoms with Gasteiger partial charge in [0.1, 0.15) is 24.0 Å². The molecule has 0 saturated carbocycles. The van der Waals surface area contributed by atoms with Gasteiger partial charge in [0.15, 0.2) is 29.0 Å². The Bertz CT molecular complexity index is 2040. The van der Waals surface area contributed by atoms with Gasteiger partial charge in [-0.25, -0.2) is 37.1 Å². The van der Waals surface area contributed by atoms with Crippen LogP contribution in [0.3, 0.4) is 0 Å². The Morgan fingerprint density at radius 3 is 2.34 bits per heavy atom. The van der Waals surface area contributed by atoms with E-state index in [9.17, 15) is 44.7 Å². The second-order valence-electron chi connectivity index (χ2n) is 9.55. The topological polar surface area (TPSA) is 98.1 Å². The molecular formula is C29H15Cl2F8N5O3. The normalized spacial score (nSPS) is 14.2. The predicted octanol–water partition coefficient (Wildman–Crippen LogP) is 8.59. The quantitative estimate of drug-likeness (QED) is 0.148. The molecule has 2 amide bonds. The summed E-state index contributed by atoms with van der Waals surface area (Å²) in [6, 6.07) is 10.4. The first-order chi connectivity index (χ1) is 22.2. The van der Waals surface area contributed by atoms with Crippen LogP contribution in [-0.4, -0.2) is 33.2 Å². The molecular weight excluding hydrogens is 689 g/mol. The molecule has 244 valence electrons. The van der Waals surface area contributed by atoms with Crippen LogP contribution >= 0.6 is 23.2 Å². The molecule has 0 bridgehead atoms. The van der Waals surface area contributed by atoms with Crippen molar-refractivity contribution in [2.45, 2.75) is 12.6 Å². The van der Waals surface area contributed by atoms with E-state index in [1.54, 1.807) is 17.6 Å². The van der Waals surface area contributed by atoms with E-state index in [4.69, 9.17) is 28.0 Å². The van der Waals surface area contributed by atoms with Crippen molar-refractivity contribution in [1.29, 1.82) is 0 Å². The fourth-order valence-corrected chi connectivity index (χ4v) is 4.84. The number of anilines is 1. The highest BCUT2D eigenvalue weighted by molar-refractivity contribution is 6.40. The van der Waals surface area contributed by atoms with Crippen molar-refractivity contribution in [3.05, 3.63) is 116 Å². The van der Waals surface area contributed by atoms with Crippen LogP contribution in [0.15, 0.2) is 89.4 Å². The third-order valence-electron chi connectivity index (χ3n) is 6.55. The molecule has 2 aromatic carbocycles. The summed E-state index contributed by atoms with van der Waals surface area (Å²) in [6.07, 6.45) is -5.23. The van der Waals surface area contributed by atoms with E-state index in [0.29, 0.717) is 16.1 Å². The number of fused-ring (bicyclic) bond motifs is 1. The number of hydroxylamine groups is 1. The van der Waals surface area contributed by atoms with Gasteiger partial charge in [-0.3, -0.25) is 14.4 Å². The molecule has 0 atom stereocenters. The van der Waals surface area contributed by atoms with E-state index >= 15 is 0 Å². The molecule has 2 aromatic heterocycles. The predicted molar refractivity (Wildman–Crippen MR) is 153 cm³/mol. The Balaban J connectivity index is 1.49. The van der Waals surface area contributed by atoms with E-state index in [1.165, 1.54) is 36.5 Å². The zero-order valence-electron chi connectivity index (χ0n) is 23.0. The number of carbonyl (C=O) groups excluding carboxylic acids is 2. The van der Waals surface area contributed by atoms with Gasteiger partial charge in [0, 0.05) is 17.6 Å². The molecule has 0 aliphatic heterocycles. The third-order valence-corrected chi connectivity index (χ3v) is 7.24. The SMILES string of the molecule is O=C(NOCC1=C(F)CC(F)=C(F)C(F)=C1F)c1cc2ccccc2c(Cl)c1NC(=O)c1cc(C(F)(F)F)nn1-c1ncccc1Cl. The fourth-order valence-electron chi connectivity index (χ4n) is 4.32. The molecule has 8 nitrogen and oxygen atoms in total. The summed E-state index contributed by atoms with van der Waals surface area (Å²) < 4.78 is 111. The van der Waals surface area contributed by atoms with Gasteiger partial charge in [-0.2, -0.15) is 18.3 Å². The number of pyridine rings is 1. The molecule has 0 fully saturated rings. The summed E-state index contributed by atoms with van der Waals surface area (Å²) in [7, 11) is 0. The summed E-state index contributed by atoms with van der Waals surface area (Å²) in [6.45, 7) is -1.25. The standard InChI is InChI=1S/C29H15Cl2F8N5O3/c30-16-6-3-7-40-26(16)44-19(10-20(42-44)29(37,38)39)28(46)41-25-14(8-12-4-1-2-5-13(12)21(25)31)27(45)43-47-11-15-17(32)9-18(33)23(35)24(36)22(15)34/h1-8,10H,9,11H2,(H,41,46)(H,43,45). The fraction of sp³-hybridized carbons (Fsp3) is 0.103. The Kier molecular flexibility index (Phi) is 9.38. The molecule has 2 N–H and O–H groups in total. The number of halogens is 10. The van der Waals surface area contributed by atoms with Crippen molar-refractivity contribution in [3.8, 4) is 5.82 Å². The zero-order chi connectivity index (χ0) is 34.2. The van der Waals surface area contributed by atoms with Crippen molar-refractivity contribution in [2.24, 2.45) is 0 Å². The summed E-state index contributed by atoms with van der Waals surface area (Å²) >= 11 is 12.6. The molecule has 0 saturated heterocycles. The van der Waals surface area contributed by atoms with E-state index in [0.717, 1.165) is 0 Å². The Morgan fingerprint density at radius 2 is 1.64 bits per heavy atom. The molecule has 1 aliphatic rings. The van der Waals surface area contributed by atoms with Crippen molar-refractivity contribution in [1.82, 2.24) is 20.2 Å². The van der Waals surface area contributed by atoms with E-state index in [-0.39, 0.29) is 21.2 Å². The van der Waals surface area contributed by atoms with E-state index in [1.807, 2.05) is 0 Å². The molecule has 0 spiro atoms. The molecule has 1 aliphatic carbocycles.